The summed E-state index contributed by atoms with van der Waals surface area (Å²) in [5.74, 6) is 2.11. The molecular weight excluding hydrogens is 182 g/mol. The van der Waals surface area contributed by atoms with E-state index >= 15 is 0 Å². The smallest absolute Gasteiger partial charge is 0.0947 e. The van der Waals surface area contributed by atoms with Crippen molar-refractivity contribution in [3.63, 3.8) is 0 Å². The van der Waals surface area contributed by atoms with E-state index in [1.165, 1.54) is 0 Å². The maximum atomic E-state index is 8.96. The molecule has 0 amide bonds. The van der Waals surface area contributed by atoms with Gasteiger partial charge in [0.25, 0.3) is 0 Å². The molecule has 5 atom stereocenters. The Morgan fingerprint density at radius 1 is 1.46 bits per heavy atom. The minimum Gasteiger partial charge on any atom is -0.193 e. The van der Waals surface area contributed by atoms with Crippen molar-refractivity contribution < 1.29 is 0 Å². The molecule has 0 N–H and O–H groups in total. The monoisotopic (exact) mass is 191 g/mol. The molecule has 3 rings (SSSR count). The second kappa shape index (κ2) is 2.39. The summed E-state index contributed by atoms with van der Waals surface area (Å²) >= 11 is 6.25. The van der Waals surface area contributed by atoms with Gasteiger partial charge in [-0.05, 0) is 18.3 Å². The number of nitrogens with zero attached hydrogens (tertiary/aromatic N) is 1. The third-order valence-corrected chi connectivity index (χ3v) is 4.13. The van der Waals surface area contributed by atoms with Crippen molar-refractivity contribution in [2.24, 2.45) is 23.7 Å². The van der Waals surface area contributed by atoms with Gasteiger partial charge >= 0.3 is 0 Å². The Hall–Kier alpha value is -0.740. The van der Waals surface area contributed by atoms with Gasteiger partial charge in [-0.15, -0.1) is 11.6 Å². The molecule has 0 heterocycles. The first-order valence-corrected chi connectivity index (χ1v) is 5.19. The molecule has 0 aliphatic heterocycles. The summed E-state index contributed by atoms with van der Waals surface area (Å²) in [5.41, 5.74) is 0.932. The molecule has 0 aromatic rings. The van der Waals surface area contributed by atoms with Crippen molar-refractivity contribution in [2.75, 3.05) is 0 Å². The molecule has 0 bridgehead atoms. The highest BCUT2D eigenvalue weighted by Gasteiger charge is 2.51. The third kappa shape index (κ3) is 0.823. The zero-order chi connectivity index (χ0) is 9.00. The van der Waals surface area contributed by atoms with Gasteiger partial charge < -0.3 is 0 Å². The molecule has 4 unspecified atom stereocenters. The molecule has 0 saturated heterocycles. The van der Waals surface area contributed by atoms with Gasteiger partial charge in [-0.3, -0.25) is 0 Å². The average molecular weight is 192 g/mol. The summed E-state index contributed by atoms with van der Waals surface area (Å²) in [6, 6.07) is 2.29. The number of hydrogen-bond donors (Lipinski definition) is 0. The summed E-state index contributed by atoms with van der Waals surface area (Å²) in [6.07, 6.45) is 7.70. The molecule has 0 aromatic heterocycles. The Balaban J connectivity index is 2.07. The van der Waals surface area contributed by atoms with E-state index in [9.17, 15) is 0 Å². The van der Waals surface area contributed by atoms with Gasteiger partial charge in [-0.2, -0.15) is 5.26 Å². The molecule has 66 valence electrons. The number of allylic oxidation sites excluding steroid dienone is 4. The first-order valence-electron chi connectivity index (χ1n) is 4.75. The number of rotatable bonds is 0. The molecule has 1 fully saturated rings. The Morgan fingerprint density at radius 2 is 2.31 bits per heavy atom. The van der Waals surface area contributed by atoms with Gasteiger partial charge in [0, 0.05) is 22.8 Å². The Labute approximate surface area is 82.7 Å². The highest BCUT2D eigenvalue weighted by Crippen LogP contribution is 2.56. The Bertz CT molecular complexity index is 350. The van der Waals surface area contributed by atoms with Crippen molar-refractivity contribution in [3.8, 4) is 6.07 Å². The van der Waals surface area contributed by atoms with Crippen LogP contribution in [-0.2, 0) is 0 Å². The van der Waals surface area contributed by atoms with E-state index in [0.29, 0.717) is 23.7 Å². The van der Waals surface area contributed by atoms with Gasteiger partial charge in [0.05, 0.1) is 6.07 Å². The van der Waals surface area contributed by atoms with Gasteiger partial charge in [-0.1, -0.05) is 18.2 Å². The van der Waals surface area contributed by atoms with Gasteiger partial charge in [0.15, 0.2) is 0 Å². The van der Waals surface area contributed by atoms with Crippen molar-refractivity contribution in [1.82, 2.24) is 0 Å². The molecule has 13 heavy (non-hydrogen) atoms. The average Bonchev–Trinajstić information content (AvgIpc) is 2.70. The van der Waals surface area contributed by atoms with Crippen molar-refractivity contribution in [1.29, 1.82) is 5.26 Å². The fourth-order valence-corrected chi connectivity index (χ4v) is 3.71. The van der Waals surface area contributed by atoms with Crippen molar-refractivity contribution >= 4 is 11.6 Å². The number of nitriles is 1. The molecule has 2 heteroatoms. The summed E-state index contributed by atoms with van der Waals surface area (Å²) in [6.45, 7) is 0. The molecular formula is C11H10ClN. The lowest BCUT2D eigenvalue weighted by Gasteiger charge is -2.16. The summed E-state index contributed by atoms with van der Waals surface area (Å²) in [5, 5.41) is 9.15. The van der Waals surface area contributed by atoms with Crippen LogP contribution in [0.2, 0.25) is 0 Å². The van der Waals surface area contributed by atoms with E-state index in [2.05, 4.69) is 24.3 Å². The maximum Gasteiger partial charge on any atom is 0.0947 e. The normalized spacial score (nSPS) is 50.5. The molecule has 1 saturated carbocycles. The lowest BCUT2D eigenvalue weighted by atomic mass is 9.88. The van der Waals surface area contributed by atoms with Crippen LogP contribution in [-0.4, -0.2) is 5.38 Å². The van der Waals surface area contributed by atoms with E-state index in [4.69, 9.17) is 16.9 Å². The van der Waals surface area contributed by atoms with E-state index in [0.717, 1.165) is 12.0 Å². The maximum absolute atomic E-state index is 8.96. The van der Waals surface area contributed by atoms with Gasteiger partial charge in [0.1, 0.15) is 0 Å². The van der Waals surface area contributed by atoms with E-state index in [1.807, 2.05) is 0 Å². The van der Waals surface area contributed by atoms with Crippen LogP contribution in [0.4, 0.5) is 0 Å². The minimum absolute atomic E-state index is 0.191. The molecule has 0 spiro atoms. The fraction of sp³-hybridized carbons (Fsp3) is 0.545. The molecule has 3 aliphatic carbocycles. The van der Waals surface area contributed by atoms with Crippen LogP contribution in [0.5, 0.6) is 0 Å². The van der Waals surface area contributed by atoms with Crippen LogP contribution < -0.4 is 0 Å². The molecule has 1 nitrogen and oxygen atoms in total. The zero-order valence-electron chi connectivity index (χ0n) is 7.15. The quantitative estimate of drug-likeness (QED) is 0.426. The SMILES string of the molecule is N#CC1=CC2C=CC3C[C@H](Cl)C1C23. The molecule has 0 aromatic carbocycles. The second-order valence-electron chi connectivity index (χ2n) is 4.21. The van der Waals surface area contributed by atoms with E-state index in [1.54, 1.807) is 0 Å². The zero-order valence-corrected chi connectivity index (χ0v) is 7.91. The molecule has 0 radical (unpaired) electrons. The number of hydrogen-bond acceptors (Lipinski definition) is 1. The predicted molar refractivity (Wildman–Crippen MR) is 51.1 cm³/mol. The van der Waals surface area contributed by atoms with Crippen LogP contribution >= 0.6 is 11.6 Å². The minimum atomic E-state index is 0.191. The second-order valence-corrected chi connectivity index (χ2v) is 4.78. The van der Waals surface area contributed by atoms with Crippen LogP contribution in [0.3, 0.4) is 0 Å². The van der Waals surface area contributed by atoms with Gasteiger partial charge in [0.2, 0.25) is 0 Å². The fourth-order valence-electron chi connectivity index (χ4n) is 3.20. The highest BCUT2D eigenvalue weighted by molar-refractivity contribution is 6.21. The lowest BCUT2D eigenvalue weighted by Crippen LogP contribution is -2.15. The number of alkyl halides is 1. The lowest BCUT2D eigenvalue weighted by molar-refractivity contribution is 0.394. The predicted octanol–water partition coefficient (Wildman–Crippen LogP) is 2.50. The summed E-state index contributed by atoms with van der Waals surface area (Å²) < 4.78 is 0. The van der Waals surface area contributed by atoms with Crippen LogP contribution in [0.15, 0.2) is 23.8 Å². The molecule has 3 aliphatic rings. The van der Waals surface area contributed by atoms with E-state index < -0.39 is 0 Å². The van der Waals surface area contributed by atoms with Crippen molar-refractivity contribution in [3.05, 3.63) is 23.8 Å². The summed E-state index contributed by atoms with van der Waals surface area (Å²) in [7, 11) is 0. The van der Waals surface area contributed by atoms with Crippen molar-refractivity contribution in [2.45, 2.75) is 11.8 Å². The Morgan fingerprint density at radius 3 is 3.08 bits per heavy atom. The highest BCUT2D eigenvalue weighted by atomic mass is 35.5. The van der Waals surface area contributed by atoms with Gasteiger partial charge in [-0.25, -0.2) is 0 Å². The van der Waals surface area contributed by atoms with Crippen LogP contribution in [0.25, 0.3) is 0 Å². The first kappa shape index (κ1) is 7.64. The van der Waals surface area contributed by atoms with Crippen LogP contribution in [0.1, 0.15) is 6.42 Å². The standard InChI is InChI=1S/C11H10ClN/c12-9-4-7-2-1-6-3-8(5-13)11(9)10(6)7/h1-3,6-7,9-11H,4H2/t6?,7?,9-,10?,11?/m0/s1. The Kier molecular flexibility index (Phi) is 1.41. The number of halogens is 1. The van der Waals surface area contributed by atoms with E-state index in [-0.39, 0.29) is 5.38 Å². The third-order valence-electron chi connectivity index (χ3n) is 3.68. The topological polar surface area (TPSA) is 23.8 Å². The summed E-state index contributed by atoms with van der Waals surface area (Å²) in [4.78, 5) is 0. The van der Waals surface area contributed by atoms with Crippen LogP contribution in [0, 0.1) is 35.0 Å². The first-order chi connectivity index (χ1) is 6.31. The largest absolute Gasteiger partial charge is 0.193 e.